The molecule has 1 aliphatic heterocycles. The number of hydrogen-bond acceptors (Lipinski definition) is 6. The number of aromatic nitrogens is 2. The first-order chi connectivity index (χ1) is 13.7. The van der Waals surface area contributed by atoms with Gasteiger partial charge in [0.05, 0.1) is 16.6 Å². The summed E-state index contributed by atoms with van der Waals surface area (Å²) in [5.74, 6) is 0.0693. The van der Waals surface area contributed by atoms with Gasteiger partial charge in [0.2, 0.25) is 11.6 Å². The van der Waals surface area contributed by atoms with Crippen LogP contribution in [0.1, 0.15) is 49.7 Å². The van der Waals surface area contributed by atoms with Gasteiger partial charge in [0.15, 0.2) is 5.69 Å². The Labute approximate surface area is 169 Å². The zero-order valence-electron chi connectivity index (χ0n) is 17.1. The molecule has 1 saturated heterocycles. The van der Waals surface area contributed by atoms with E-state index in [0.717, 1.165) is 12.8 Å². The Morgan fingerprint density at radius 2 is 2.14 bits per heavy atom. The lowest BCUT2D eigenvalue weighted by atomic mass is 10.1. The molecule has 9 nitrogen and oxygen atoms in total. The number of nitro benzene ring substituents is 1. The van der Waals surface area contributed by atoms with Crippen molar-refractivity contribution in [3.05, 3.63) is 45.6 Å². The van der Waals surface area contributed by atoms with E-state index < -0.39 is 10.5 Å². The molecule has 0 aliphatic carbocycles. The maximum absolute atomic E-state index is 12.7. The molecule has 0 bridgehead atoms. The Kier molecular flexibility index (Phi) is 5.88. The average molecular weight is 402 g/mol. The number of amides is 1. The molecule has 0 unspecified atom stereocenters. The number of hydrogen-bond donors (Lipinski definition) is 1. The SMILES string of the molecule is Cc1c(C(=O)NC[C@H]2CCCO2)nn(C(C)(C)C)c1Oc1ccccc1[N+](=O)[O-]. The number of nitro groups is 1. The second-order valence-electron chi connectivity index (χ2n) is 8.03. The molecule has 0 radical (unpaired) electrons. The van der Waals surface area contributed by atoms with Gasteiger partial charge in [-0.25, -0.2) is 4.68 Å². The molecule has 1 aromatic heterocycles. The molecule has 2 aromatic rings. The van der Waals surface area contributed by atoms with Gasteiger partial charge in [-0.15, -0.1) is 0 Å². The number of carbonyl (C=O) groups excluding carboxylic acids is 1. The Bertz CT molecular complexity index is 910. The molecule has 1 N–H and O–H groups in total. The predicted molar refractivity (Wildman–Crippen MR) is 106 cm³/mol. The maximum Gasteiger partial charge on any atom is 0.311 e. The first-order valence-electron chi connectivity index (χ1n) is 9.59. The molecule has 1 aromatic carbocycles. The number of para-hydroxylation sites is 2. The minimum Gasteiger partial charge on any atom is -0.432 e. The van der Waals surface area contributed by atoms with Crippen LogP contribution in [-0.2, 0) is 10.3 Å². The van der Waals surface area contributed by atoms with Crippen molar-refractivity contribution in [3.8, 4) is 11.6 Å². The number of carbonyl (C=O) groups is 1. The quantitative estimate of drug-likeness (QED) is 0.585. The zero-order chi connectivity index (χ0) is 21.2. The van der Waals surface area contributed by atoms with E-state index >= 15 is 0 Å². The average Bonchev–Trinajstić information content (AvgIpc) is 3.28. The van der Waals surface area contributed by atoms with E-state index in [1.807, 2.05) is 20.8 Å². The van der Waals surface area contributed by atoms with E-state index in [-0.39, 0.29) is 29.1 Å². The van der Waals surface area contributed by atoms with Gasteiger partial charge >= 0.3 is 5.69 Å². The third-order valence-electron chi connectivity index (χ3n) is 4.70. The Balaban J connectivity index is 1.92. The molecule has 9 heteroatoms. The minimum absolute atomic E-state index is 0.0200. The molecule has 1 fully saturated rings. The summed E-state index contributed by atoms with van der Waals surface area (Å²) in [6, 6.07) is 6.12. The Hall–Kier alpha value is -2.94. The van der Waals surface area contributed by atoms with E-state index in [1.54, 1.807) is 23.7 Å². The maximum atomic E-state index is 12.7. The van der Waals surface area contributed by atoms with Crippen LogP contribution in [0.2, 0.25) is 0 Å². The molecular formula is C20H26N4O5. The van der Waals surface area contributed by atoms with Gasteiger partial charge in [0.1, 0.15) is 0 Å². The Morgan fingerprint density at radius 1 is 1.41 bits per heavy atom. The highest BCUT2D eigenvalue weighted by Crippen LogP contribution is 2.36. The molecule has 29 heavy (non-hydrogen) atoms. The van der Waals surface area contributed by atoms with Crippen LogP contribution < -0.4 is 10.1 Å². The van der Waals surface area contributed by atoms with Crippen molar-refractivity contribution >= 4 is 11.6 Å². The van der Waals surface area contributed by atoms with Crippen molar-refractivity contribution in [2.24, 2.45) is 0 Å². The van der Waals surface area contributed by atoms with Crippen LogP contribution in [0.3, 0.4) is 0 Å². The summed E-state index contributed by atoms with van der Waals surface area (Å²) in [7, 11) is 0. The fourth-order valence-electron chi connectivity index (χ4n) is 3.16. The van der Waals surface area contributed by atoms with Crippen LogP contribution in [0.5, 0.6) is 11.6 Å². The second kappa shape index (κ2) is 8.20. The van der Waals surface area contributed by atoms with Gasteiger partial charge in [0, 0.05) is 24.8 Å². The van der Waals surface area contributed by atoms with Gasteiger partial charge in [0.25, 0.3) is 5.91 Å². The van der Waals surface area contributed by atoms with Crippen LogP contribution in [0.4, 0.5) is 5.69 Å². The lowest BCUT2D eigenvalue weighted by molar-refractivity contribution is -0.385. The number of benzene rings is 1. The summed E-state index contributed by atoms with van der Waals surface area (Å²) < 4.78 is 13.0. The lowest BCUT2D eigenvalue weighted by Gasteiger charge is -2.22. The van der Waals surface area contributed by atoms with Gasteiger partial charge in [-0.2, -0.15) is 5.10 Å². The fourth-order valence-corrected chi connectivity index (χ4v) is 3.16. The van der Waals surface area contributed by atoms with Gasteiger partial charge in [-0.05, 0) is 46.6 Å². The molecular weight excluding hydrogens is 376 g/mol. The van der Waals surface area contributed by atoms with Crippen molar-refractivity contribution in [1.82, 2.24) is 15.1 Å². The standard InChI is InChI=1S/C20H26N4O5/c1-13-17(18(25)21-12-14-8-7-11-28-14)22-23(20(2,3)4)19(13)29-16-10-6-5-9-15(16)24(26)27/h5-6,9-10,14H,7-8,11-12H2,1-4H3,(H,21,25)/t14-/m1/s1. The van der Waals surface area contributed by atoms with Gasteiger partial charge < -0.3 is 14.8 Å². The zero-order valence-corrected chi connectivity index (χ0v) is 17.1. The highest BCUT2D eigenvalue weighted by atomic mass is 16.6. The van der Waals surface area contributed by atoms with Crippen molar-refractivity contribution in [2.75, 3.05) is 13.2 Å². The number of rotatable bonds is 6. The first kappa shape index (κ1) is 20.8. The molecule has 2 heterocycles. The van der Waals surface area contributed by atoms with E-state index in [2.05, 4.69) is 10.4 Å². The smallest absolute Gasteiger partial charge is 0.311 e. The predicted octanol–water partition coefficient (Wildman–Crippen LogP) is 3.56. The minimum atomic E-state index is -0.503. The number of nitrogens with one attached hydrogen (secondary N) is 1. The highest BCUT2D eigenvalue weighted by Gasteiger charge is 2.29. The lowest BCUT2D eigenvalue weighted by Crippen LogP contribution is -2.32. The van der Waals surface area contributed by atoms with Crippen LogP contribution >= 0.6 is 0 Å². The van der Waals surface area contributed by atoms with Crippen molar-refractivity contribution in [3.63, 3.8) is 0 Å². The third-order valence-corrected chi connectivity index (χ3v) is 4.70. The fraction of sp³-hybridized carbons (Fsp3) is 0.500. The van der Waals surface area contributed by atoms with Crippen molar-refractivity contribution in [2.45, 2.75) is 52.2 Å². The number of ether oxygens (including phenoxy) is 2. The van der Waals surface area contributed by atoms with E-state index in [0.29, 0.717) is 24.6 Å². The topological polar surface area (TPSA) is 109 Å². The third kappa shape index (κ3) is 4.56. The van der Waals surface area contributed by atoms with E-state index in [4.69, 9.17) is 9.47 Å². The first-order valence-corrected chi connectivity index (χ1v) is 9.59. The normalized spacial score (nSPS) is 16.6. The monoisotopic (exact) mass is 402 g/mol. The molecule has 0 saturated carbocycles. The van der Waals surface area contributed by atoms with E-state index in [1.165, 1.54) is 12.1 Å². The molecule has 1 amide bonds. The second-order valence-corrected chi connectivity index (χ2v) is 8.03. The van der Waals surface area contributed by atoms with Crippen molar-refractivity contribution < 1.29 is 19.2 Å². The Morgan fingerprint density at radius 3 is 2.76 bits per heavy atom. The van der Waals surface area contributed by atoms with Crippen molar-refractivity contribution in [1.29, 1.82) is 0 Å². The summed E-state index contributed by atoms with van der Waals surface area (Å²) in [6.45, 7) is 8.60. The molecule has 1 aliphatic rings. The summed E-state index contributed by atoms with van der Waals surface area (Å²) >= 11 is 0. The highest BCUT2D eigenvalue weighted by molar-refractivity contribution is 5.94. The molecule has 1 atom stereocenters. The van der Waals surface area contributed by atoms with Gasteiger partial charge in [-0.1, -0.05) is 12.1 Å². The largest absolute Gasteiger partial charge is 0.432 e. The summed E-state index contributed by atoms with van der Waals surface area (Å²) in [4.78, 5) is 23.6. The summed E-state index contributed by atoms with van der Waals surface area (Å²) in [5, 5.41) is 18.7. The molecule has 156 valence electrons. The number of nitrogens with zero attached hydrogens (tertiary/aromatic N) is 3. The summed E-state index contributed by atoms with van der Waals surface area (Å²) in [6.07, 6.45) is 1.93. The molecule has 3 rings (SSSR count). The van der Waals surface area contributed by atoms with Crippen LogP contribution in [-0.4, -0.2) is 39.9 Å². The van der Waals surface area contributed by atoms with E-state index in [9.17, 15) is 14.9 Å². The summed E-state index contributed by atoms with van der Waals surface area (Å²) in [5.41, 5.74) is 0.0869. The van der Waals surface area contributed by atoms with Crippen LogP contribution in [0.25, 0.3) is 0 Å². The van der Waals surface area contributed by atoms with Gasteiger partial charge in [-0.3, -0.25) is 14.9 Å². The molecule has 0 spiro atoms. The van der Waals surface area contributed by atoms with Crippen LogP contribution in [0, 0.1) is 17.0 Å². The van der Waals surface area contributed by atoms with Crippen LogP contribution in [0.15, 0.2) is 24.3 Å².